The third-order valence-corrected chi connectivity index (χ3v) is 6.03. The van der Waals surface area contributed by atoms with E-state index < -0.39 is 6.36 Å². The van der Waals surface area contributed by atoms with Gasteiger partial charge in [-0.2, -0.15) is 0 Å². The van der Waals surface area contributed by atoms with Crippen LogP contribution in [0.5, 0.6) is 5.75 Å². The number of thiazole rings is 1. The molecule has 1 amide bonds. The molecule has 158 valence electrons. The summed E-state index contributed by atoms with van der Waals surface area (Å²) in [7, 11) is 0. The Balaban J connectivity index is 1.34. The van der Waals surface area contributed by atoms with Gasteiger partial charge in [-0.15, -0.1) is 13.2 Å². The molecule has 1 aromatic heterocycles. The van der Waals surface area contributed by atoms with Gasteiger partial charge in [0.25, 0.3) is 0 Å². The van der Waals surface area contributed by atoms with Crippen molar-refractivity contribution in [3.8, 4) is 5.75 Å². The number of hydrogen-bond acceptors (Lipinski definition) is 5. The van der Waals surface area contributed by atoms with Gasteiger partial charge in [0.1, 0.15) is 5.75 Å². The molecule has 0 atom stereocenters. The van der Waals surface area contributed by atoms with E-state index in [2.05, 4.69) is 14.6 Å². The number of hydrogen-bond donors (Lipinski definition) is 0. The number of piperazine rings is 1. The van der Waals surface area contributed by atoms with Crippen molar-refractivity contribution in [2.24, 2.45) is 0 Å². The number of fused-ring (bicyclic) bond motifs is 1. The number of aromatic nitrogens is 1. The molecule has 0 aliphatic carbocycles. The molecule has 0 unspecified atom stereocenters. The van der Waals surface area contributed by atoms with Gasteiger partial charge in [0.15, 0.2) is 5.13 Å². The summed E-state index contributed by atoms with van der Waals surface area (Å²) in [6, 6.07) is 14.1. The molecule has 30 heavy (non-hydrogen) atoms. The van der Waals surface area contributed by atoms with Gasteiger partial charge in [-0.05, 0) is 24.1 Å². The van der Waals surface area contributed by atoms with E-state index in [1.54, 1.807) is 0 Å². The van der Waals surface area contributed by atoms with E-state index in [1.165, 1.54) is 29.5 Å². The Morgan fingerprint density at radius 3 is 2.50 bits per heavy atom. The Kier molecular flexibility index (Phi) is 5.80. The van der Waals surface area contributed by atoms with Crippen LogP contribution < -0.4 is 9.64 Å². The number of benzene rings is 2. The second kappa shape index (κ2) is 8.51. The summed E-state index contributed by atoms with van der Waals surface area (Å²) in [5, 5.41) is 0.741. The van der Waals surface area contributed by atoms with Crippen LogP contribution in [0.2, 0.25) is 0 Å². The summed E-state index contributed by atoms with van der Waals surface area (Å²) in [6.07, 6.45) is -3.52. The Bertz CT molecular complexity index is 1020. The molecule has 1 fully saturated rings. The average Bonchev–Trinajstić information content (AvgIpc) is 3.15. The van der Waals surface area contributed by atoms with Crippen LogP contribution in [0.3, 0.4) is 0 Å². The van der Waals surface area contributed by atoms with Crippen molar-refractivity contribution >= 4 is 32.6 Å². The average molecular weight is 435 g/mol. The lowest BCUT2D eigenvalue weighted by Gasteiger charge is -2.34. The fraction of sp³-hybridized carbons (Fsp3) is 0.333. The molecule has 4 rings (SSSR count). The number of rotatable bonds is 5. The van der Waals surface area contributed by atoms with E-state index in [4.69, 9.17) is 0 Å². The fourth-order valence-corrected chi connectivity index (χ4v) is 4.47. The zero-order valence-corrected chi connectivity index (χ0v) is 16.9. The van der Waals surface area contributed by atoms with Gasteiger partial charge in [-0.1, -0.05) is 41.7 Å². The molecule has 5 nitrogen and oxygen atoms in total. The monoisotopic (exact) mass is 435 g/mol. The van der Waals surface area contributed by atoms with Gasteiger partial charge in [0.2, 0.25) is 5.91 Å². The number of halogens is 3. The van der Waals surface area contributed by atoms with Crippen LogP contribution in [0.4, 0.5) is 18.3 Å². The highest BCUT2D eigenvalue weighted by molar-refractivity contribution is 7.22. The molecule has 2 aromatic carbocycles. The van der Waals surface area contributed by atoms with Crippen molar-refractivity contribution in [1.82, 2.24) is 9.88 Å². The highest BCUT2D eigenvalue weighted by Gasteiger charge is 2.31. The van der Waals surface area contributed by atoms with Crippen LogP contribution in [0, 0.1) is 0 Å². The first-order valence-corrected chi connectivity index (χ1v) is 10.4. The maximum atomic E-state index is 12.5. The first-order chi connectivity index (χ1) is 14.4. The first-order valence-electron chi connectivity index (χ1n) is 9.60. The van der Waals surface area contributed by atoms with Gasteiger partial charge < -0.3 is 14.5 Å². The minimum absolute atomic E-state index is 0.136. The molecule has 0 saturated carbocycles. The quantitative estimate of drug-likeness (QED) is 0.593. The smallest absolute Gasteiger partial charge is 0.406 e. The molecule has 1 saturated heterocycles. The predicted molar refractivity (Wildman–Crippen MR) is 110 cm³/mol. The molecule has 0 radical (unpaired) electrons. The Labute approximate surface area is 175 Å². The Hall–Kier alpha value is -2.81. The number of anilines is 1. The molecule has 0 N–H and O–H groups in total. The normalized spacial score (nSPS) is 14.9. The minimum Gasteiger partial charge on any atom is -0.406 e. The topological polar surface area (TPSA) is 45.7 Å². The second-order valence-corrected chi connectivity index (χ2v) is 8.04. The van der Waals surface area contributed by atoms with Crippen LogP contribution in [0.25, 0.3) is 10.2 Å². The molecule has 1 aliphatic rings. The third-order valence-electron chi connectivity index (χ3n) is 4.96. The lowest BCUT2D eigenvalue weighted by molar-refractivity contribution is -0.274. The lowest BCUT2D eigenvalue weighted by atomic mass is 10.1. The van der Waals surface area contributed by atoms with Crippen molar-refractivity contribution in [3.05, 3.63) is 54.1 Å². The van der Waals surface area contributed by atoms with Gasteiger partial charge >= 0.3 is 6.36 Å². The maximum absolute atomic E-state index is 12.5. The molecule has 3 aromatic rings. The van der Waals surface area contributed by atoms with Crippen LogP contribution in [0.1, 0.15) is 12.0 Å². The van der Waals surface area contributed by atoms with Crippen LogP contribution in [0.15, 0.2) is 48.5 Å². The summed E-state index contributed by atoms with van der Waals surface area (Å²) in [5.41, 5.74) is 1.78. The zero-order chi connectivity index (χ0) is 21.1. The summed E-state index contributed by atoms with van der Waals surface area (Å²) in [6.45, 7) is 2.49. The number of carbonyl (C=O) groups is 1. The Morgan fingerprint density at radius 1 is 1.07 bits per heavy atom. The predicted octanol–water partition coefficient (Wildman–Crippen LogP) is 4.48. The fourth-order valence-electron chi connectivity index (χ4n) is 3.43. The molecular formula is C21H20F3N3O2S. The van der Waals surface area contributed by atoms with Gasteiger partial charge in [-0.3, -0.25) is 4.79 Å². The van der Waals surface area contributed by atoms with E-state index in [9.17, 15) is 18.0 Å². The van der Waals surface area contributed by atoms with Crippen molar-refractivity contribution in [1.29, 1.82) is 0 Å². The molecule has 0 spiro atoms. The van der Waals surface area contributed by atoms with Gasteiger partial charge in [0.05, 0.1) is 10.2 Å². The summed E-state index contributed by atoms with van der Waals surface area (Å²) in [5.74, 6) is -0.115. The zero-order valence-electron chi connectivity index (χ0n) is 16.1. The lowest BCUT2D eigenvalue weighted by Crippen LogP contribution is -2.48. The number of alkyl halides is 3. The van der Waals surface area contributed by atoms with E-state index in [0.717, 1.165) is 17.1 Å². The van der Waals surface area contributed by atoms with E-state index in [-0.39, 0.29) is 11.7 Å². The summed E-state index contributed by atoms with van der Waals surface area (Å²) in [4.78, 5) is 20.9. The second-order valence-electron chi connectivity index (χ2n) is 7.03. The molecule has 0 bridgehead atoms. The van der Waals surface area contributed by atoms with Crippen LogP contribution >= 0.6 is 11.3 Å². The van der Waals surface area contributed by atoms with Gasteiger partial charge in [-0.25, -0.2) is 4.98 Å². The third kappa shape index (κ3) is 5.02. The SMILES string of the molecule is O=C(CCc1ccccc1)N1CCN(c2nc3ccc(OC(F)(F)F)cc3s2)CC1. The van der Waals surface area contributed by atoms with E-state index in [0.29, 0.717) is 42.8 Å². The van der Waals surface area contributed by atoms with Crippen molar-refractivity contribution in [2.45, 2.75) is 19.2 Å². The number of aryl methyl sites for hydroxylation is 1. The molecule has 1 aliphatic heterocycles. The first kappa shape index (κ1) is 20.5. The van der Waals surface area contributed by atoms with E-state index >= 15 is 0 Å². The van der Waals surface area contributed by atoms with E-state index in [1.807, 2.05) is 35.2 Å². The maximum Gasteiger partial charge on any atom is 0.573 e. The number of carbonyl (C=O) groups excluding carboxylic acids is 1. The molecule has 2 heterocycles. The van der Waals surface area contributed by atoms with Gasteiger partial charge in [0, 0.05) is 38.7 Å². The minimum atomic E-state index is -4.72. The highest BCUT2D eigenvalue weighted by atomic mass is 32.1. The van der Waals surface area contributed by atoms with Crippen LogP contribution in [-0.4, -0.2) is 48.3 Å². The van der Waals surface area contributed by atoms with Crippen molar-refractivity contribution in [2.75, 3.05) is 31.1 Å². The van der Waals surface area contributed by atoms with Crippen LogP contribution in [-0.2, 0) is 11.2 Å². The van der Waals surface area contributed by atoms with Crippen molar-refractivity contribution < 1.29 is 22.7 Å². The molecule has 9 heteroatoms. The summed E-state index contributed by atoms with van der Waals surface area (Å²) < 4.78 is 41.9. The van der Waals surface area contributed by atoms with Crippen molar-refractivity contribution in [3.63, 3.8) is 0 Å². The number of ether oxygens (including phenoxy) is 1. The standard InChI is InChI=1S/C21H20F3N3O2S/c22-21(23,24)29-16-7-8-17-18(14-16)30-20(25-17)27-12-10-26(11-13-27)19(28)9-6-15-4-2-1-3-5-15/h1-5,7-8,14H,6,9-13H2. The summed E-state index contributed by atoms with van der Waals surface area (Å²) >= 11 is 1.33. The molecular weight excluding hydrogens is 415 g/mol. The Morgan fingerprint density at radius 2 is 1.80 bits per heavy atom. The largest absolute Gasteiger partial charge is 0.573 e. The number of nitrogens with zero attached hydrogens (tertiary/aromatic N) is 3. The number of amides is 1. The highest BCUT2D eigenvalue weighted by Crippen LogP contribution is 2.33.